The maximum absolute atomic E-state index is 12.0. The zero-order chi connectivity index (χ0) is 21.9. The Hall–Kier alpha value is -2.51. The highest BCUT2D eigenvalue weighted by molar-refractivity contribution is 5.80. The molecule has 1 unspecified atom stereocenters. The Morgan fingerprint density at radius 2 is 2.00 bits per heavy atom. The number of pyridine rings is 1. The summed E-state index contributed by atoms with van der Waals surface area (Å²) < 4.78 is 5.32. The van der Waals surface area contributed by atoms with E-state index in [1.165, 1.54) is 0 Å². The van der Waals surface area contributed by atoms with Crippen LogP contribution in [-0.2, 0) is 11.3 Å². The molecule has 1 atom stereocenters. The van der Waals surface area contributed by atoms with Gasteiger partial charge in [-0.3, -0.25) is 4.99 Å². The summed E-state index contributed by atoms with van der Waals surface area (Å²) in [7, 11) is 5.67. The molecular formula is C21H38N6O2. The molecule has 0 spiro atoms. The Labute approximate surface area is 175 Å². The number of amides is 1. The largest absolute Gasteiger partial charge is 0.444 e. The summed E-state index contributed by atoms with van der Waals surface area (Å²) in [5, 5.41) is 9.54. The van der Waals surface area contributed by atoms with Gasteiger partial charge in [0.1, 0.15) is 11.4 Å². The zero-order valence-electron chi connectivity index (χ0n) is 19.0. The topological polar surface area (TPSA) is 90.9 Å². The minimum absolute atomic E-state index is 0.0507. The molecule has 0 aliphatic carbocycles. The number of nitrogens with one attached hydrogen (secondary N) is 3. The maximum atomic E-state index is 12.0. The number of aromatic nitrogens is 1. The van der Waals surface area contributed by atoms with Gasteiger partial charge in [0.25, 0.3) is 0 Å². The van der Waals surface area contributed by atoms with Crippen LogP contribution in [0.25, 0.3) is 0 Å². The molecule has 8 nitrogen and oxygen atoms in total. The van der Waals surface area contributed by atoms with Crippen molar-refractivity contribution < 1.29 is 9.53 Å². The third kappa shape index (κ3) is 10.6. The van der Waals surface area contributed by atoms with Gasteiger partial charge < -0.3 is 25.6 Å². The highest BCUT2D eigenvalue weighted by Crippen LogP contribution is 2.08. The van der Waals surface area contributed by atoms with Gasteiger partial charge in [-0.2, -0.15) is 0 Å². The van der Waals surface area contributed by atoms with Gasteiger partial charge in [-0.15, -0.1) is 0 Å². The van der Waals surface area contributed by atoms with Gasteiger partial charge >= 0.3 is 6.09 Å². The summed E-state index contributed by atoms with van der Waals surface area (Å²) in [4.78, 5) is 22.9. The van der Waals surface area contributed by atoms with Crippen LogP contribution in [0.3, 0.4) is 0 Å². The first-order chi connectivity index (χ1) is 13.6. The van der Waals surface area contributed by atoms with E-state index < -0.39 is 11.7 Å². The molecule has 8 heteroatoms. The first kappa shape index (κ1) is 24.5. The Kier molecular flexibility index (Phi) is 10.3. The fourth-order valence-corrected chi connectivity index (χ4v) is 2.57. The van der Waals surface area contributed by atoms with E-state index >= 15 is 0 Å². The van der Waals surface area contributed by atoms with Crippen molar-refractivity contribution in [1.29, 1.82) is 0 Å². The lowest BCUT2D eigenvalue weighted by Gasteiger charge is -2.24. The van der Waals surface area contributed by atoms with Crippen LogP contribution in [0.5, 0.6) is 0 Å². The lowest BCUT2D eigenvalue weighted by molar-refractivity contribution is 0.0523. The number of carbonyl (C=O) groups is 1. The Bertz CT molecular complexity index is 655. The number of hydrogen-bond donors (Lipinski definition) is 3. The van der Waals surface area contributed by atoms with Crippen molar-refractivity contribution in [2.75, 3.05) is 32.6 Å². The molecule has 0 bridgehead atoms. The van der Waals surface area contributed by atoms with E-state index in [-0.39, 0.29) is 6.04 Å². The first-order valence-corrected chi connectivity index (χ1v) is 10.2. The van der Waals surface area contributed by atoms with Gasteiger partial charge in [-0.1, -0.05) is 25.8 Å². The molecule has 164 valence electrons. The van der Waals surface area contributed by atoms with Crippen molar-refractivity contribution in [2.45, 2.75) is 65.1 Å². The maximum Gasteiger partial charge on any atom is 0.407 e. The lowest BCUT2D eigenvalue weighted by Crippen LogP contribution is -2.48. The highest BCUT2D eigenvalue weighted by Gasteiger charge is 2.18. The predicted octanol–water partition coefficient (Wildman–Crippen LogP) is 2.90. The van der Waals surface area contributed by atoms with E-state index in [4.69, 9.17) is 4.74 Å². The van der Waals surface area contributed by atoms with E-state index in [1.807, 2.05) is 58.0 Å². The molecule has 1 aromatic heterocycles. The van der Waals surface area contributed by atoms with Crippen LogP contribution in [0.15, 0.2) is 23.2 Å². The van der Waals surface area contributed by atoms with Crippen LogP contribution < -0.4 is 20.9 Å². The van der Waals surface area contributed by atoms with Crippen molar-refractivity contribution in [3.05, 3.63) is 23.9 Å². The van der Waals surface area contributed by atoms with Crippen molar-refractivity contribution >= 4 is 17.9 Å². The van der Waals surface area contributed by atoms with Crippen LogP contribution in [0.1, 0.15) is 52.7 Å². The van der Waals surface area contributed by atoms with Crippen molar-refractivity contribution in [3.63, 3.8) is 0 Å². The van der Waals surface area contributed by atoms with Crippen LogP contribution >= 0.6 is 0 Å². The predicted molar refractivity (Wildman–Crippen MR) is 119 cm³/mol. The molecule has 1 amide bonds. The van der Waals surface area contributed by atoms with E-state index in [0.717, 1.165) is 30.8 Å². The SMILES string of the molecule is CCCCC(CNC(=O)OC(C)(C)C)NC(=NC)NCc1cccc(N(C)C)n1. The van der Waals surface area contributed by atoms with Gasteiger partial charge in [-0.05, 0) is 39.3 Å². The third-order valence-corrected chi connectivity index (χ3v) is 4.05. The Morgan fingerprint density at radius 1 is 1.28 bits per heavy atom. The minimum atomic E-state index is -0.512. The van der Waals surface area contributed by atoms with Gasteiger partial charge in [0.2, 0.25) is 0 Å². The molecule has 1 rings (SSSR count). The number of unbranched alkanes of at least 4 members (excludes halogenated alkanes) is 1. The normalized spacial score (nSPS) is 12.9. The fraction of sp³-hybridized carbons (Fsp3) is 0.667. The monoisotopic (exact) mass is 406 g/mol. The first-order valence-electron chi connectivity index (χ1n) is 10.2. The Balaban J connectivity index is 2.63. The van der Waals surface area contributed by atoms with Crippen LogP contribution in [0.2, 0.25) is 0 Å². The molecule has 0 fully saturated rings. The van der Waals surface area contributed by atoms with Crippen LogP contribution in [0.4, 0.5) is 10.6 Å². The summed E-state index contributed by atoms with van der Waals surface area (Å²) >= 11 is 0. The number of aliphatic imine (C=N–C) groups is 1. The Morgan fingerprint density at radius 3 is 2.59 bits per heavy atom. The smallest absolute Gasteiger partial charge is 0.407 e. The fourth-order valence-electron chi connectivity index (χ4n) is 2.57. The third-order valence-electron chi connectivity index (χ3n) is 4.05. The molecular weight excluding hydrogens is 368 g/mol. The summed E-state index contributed by atoms with van der Waals surface area (Å²) in [5.74, 6) is 1.59. The molecule has 0 aliphatic heterocycles. The second-order valence-corrected chi connectivity index (χ2v) is 8.17. The second-order valence-electron chi connectivity index (χ2n) is 8.17. The zero-order valence-corrected chi connectivity index (χ0v) is 19.0. The quantitative estimate of drug-likeness (QED) is 0.431. The minimum Gasteiger partial charge on any atom is -0.444 e. The molecule has 3 N–H and O–H groups in total. The van der Waals surface area contributed by atoms with Gasteiger partial charge in [0, 0.05) is 33.7 Å². The summed E-state index contributed by atoms with van der Waals surface area (Å²) in [6, 6.07) is 5.99. The standard InChI is InChI=1S/C21H38N6O2/c1-8-9-11-17(15-24-20(28)29-21(2,3)4)26-19(22-5)23-14-16-12-10-13-18(25-16)27(6)7/h10,12-13,17H,8-9,11,14-15H2,1-7H3,(H,24,28)(H2,22,23,26). The molecule has 0 aromatic carbocycles. The molecule has 29 heavy (non-hydrogen) atoms. The summed E-state index contributed by atoms with van der Waals surface area (Å²) in [6.45, 7) is 8.72. The highest BCUT2D eigenvalue weighted by atomic mass is 16.6. The van der Waals surface area contributed by atoms with Crippen molar-refractivity contribution in [2.24, 2.45) is 4.99 Å². The van der Waals surface area contributed by atoms with E-state index in [9.17, 15) is 4.79 Å². The number of ether oxygens (including phenoxy) is 1. The number of anilines is 1. The number of rotatable bonds is 9. The second kappa shape index (κ2) is 12.1. The summed E-state index contributed by atoms with van der Waals surface area (Å²) in [5.41, 5.74) is 0.415. The molecule has 0 radical (unpaired) electrons. The average molecular weight is 407 g/mol. The molecule has 0 aliphatic rings. The molecule has 1 heterocycles. The van der Waals surface area contributed by atoms with Gasteiger partial charge in [0.05, 0.1) is 12.2 Å². The van der Waals surface area contributed by atoms with E-state index in [1.54, 1.807) is 7.05 Å². The van der Waals surface area contributed by atoms with Gasteiger partial charge in [0.15, 0.2) is 5.96 Å². The van der Waals surface area contributed by atoms with Crippen molar-refractivity contribution in [3.8, 4) is 0 Å². The molecule has 1 aromatic rings. The van der Waals surface area contributed by atoms with Crippen LogP contribution in [0, 0.1) is 0 Å². The number of guanidine groups is 1. The lowest BCUT2D eigenvalue weighted by atomic mass is 10.1. The molecule has 0 saturated carbocycles. The average Bonchev–Trinajstić information content (AvgIpc) is 2.65. The van der Waals surface area contributed by atoms with Gasteiger partial charge in [-0.25, -0.2) is 9.78 Å². The number of carbonyl (C=O) groups excluding carboxylic acids is 1. The van der Waals surface area contributed by atoms with Crippen LogP contribution in [-0.4, -0.2) is 56.4 Å². The number of hydrogen-bond acceptors (Lipinski definition) is 5. The number of nitrogens with zero attached hydrogens (tertiary/aromatic N) is 3. The van der Waals surface area contributed by atoms with Crippen molar-refractivity contribution in [1.82, 2.24) is 20.9 Å². The van der Waals surface area contributed by atoms with E-state index in [0.29, 0.717) is 19.0 Å². The van der Waals surface area contributed by atoms with E-state index in [2.05, 4.69) is 32.9 Å². The summed E-state index contributed by atoms with van der Waals surface area (Å²) in [6.07, 6.45) is 2.64. The molecule has 0 saturated heterocycles. The number of alkyl carbamates (subject to hydrolysis) is 1.